The molecule has 2 rings (SSSR count). The van der Waals surface area contributed by atoms with E-state index in [4.69, 9.17) is 0 Å². The number of carbonyl (C=O) groups excluding carboxylic acids is 2. The van der Waals surface area contributed by atoms with Gasteiger partial charge in [0.2, 0.25) is 5.91 Å². The van der Waals surface area contributed by atoms with Crippen LogP contribution in [-0.2, 0) is 9.59 Å². The average Bonchev–Trinajstić information content (AvgIpc) is 3.01. The molecule has 2 aliphatic heterocycles. The second-order valence-electron chi connectivity index (χ2n) is 5.36. The SMILES string of the molecule is CCN(CC(=O)NC)C(=O)N1C2CCC1C(C(=O)O)C2. The maximum Gasteiger partial charge on any atom is 0.320 e. The van der Waals surface area contributed by atoms with Crippen LogP contribution in [-0.4, -0.2) is 65.0 Å². The summed E-state index contributed by atoms with van der Waals surface area (Å²) in [5.74, 6) is -1.51. The first-order chi connectivity index (χ1) is 9.49. The molecule has 3 amide bonds. The summed E-state index contributed by atoms with van der Waals surface area (Å²) in [6.45, 7) is 2.26. The van der Waals surface area contributed by atoms with Crippen molar-refractivity contribution in [3.05, 3.63) is 0 Å². The maximum absolute atomic E-state index is 12.5. The van der Waals surface area contributed by atoms with Crippen LogP contribution < -0.4 is 5.32 Å². The molecule has 2 heterocycles. The molecule has 20 heavy (non-hydrogen) atoms. The lowest BCUT2D eigenvalue weighted by Crippen LogP contribution is -2.49. The molecular formula is C13H21N3O4. The van der Waals surface area contributed by atoms with E-state index >= 15 is 0 Å². The summed E-state index contributed by atoms with van der Waals surface area (Å²) in [5, 5.41) is 11.7. The Labute approximate surface area is 117 Å². The second kappa shape index (κ2) is 5.68. The van der Waals surface area contributed by atoms with Gasteiger partial charge in [-0.15, -0.1) is 0 Å². The smallest absolute Gasteiger partial charge is 0.320 e. The summed E-state index contributed by atoms with van der Waals surface area (Å²) in [4.78, 5) is 38.3. The van der Waals surface area contributed by atoms with Crippen LogP contribution in [0, 0.1) is 5.92 Å². The van der Waals surface area contributed by atoms with Gasteiger partial charge in [-0.1, -0.05) is 0 Å². The minimum absolute atomic E-state index is 0.00679. The minimum Gasteiger partial charge on any atom is -0.481 e. The van der Waals surface area contributed by atoms with E-state index in [1.54, 1.807) is 4.90 Å². The summed E-state index contributed by atoms with van der Waals surface area (Å²) < 4.78 is 0. The van der Waals surface area contributed by atoms with Crippen LogP contribution in [0.15, 0.2) is 0 Å². The third-order valence-electron chi connectivity index (χ3n) is 4.34. The molecule has 2 saturated heterocycles. The number of hydrogen-bond acceptors (Lipinski definition) is 3. The van der Waals surface area contributed by atoms with E-state index in [1.807, 2.05) is 6.92 Å². The molecule has 0 aromatic heterocycles. The van der Waals surface area contributed by atoms with Gasteiger partial charge in [-0.05, 0) is 26.2 Å². The molecule has 7 heteroatoms. The van der Waals surface area contributed by atoms with Crippen molar-refractivity contribution in [1.29, 1.82) is 0 Å². The number of carboxylic acids is 1. The Kier molecular flexibility index (Phi) is 4.15. The zero-order valence-corrected chi connectivity index (χ0v) is 11.8. The van der Waals surface area contributed by atoms with Gasteiger partial charge in [0.1, 0.15) is 6.54 Å². The number of urea groups is 1. The fraction of sp³-hybridized carbons (Fsp3) is 0.769. The Morgan fingerprint density at radius 1 is 1.35 bits per heavy atom. The number of rotatable bonds is 4. The Morgan fingerprint density at radius 3 is 2.55 bits per heavy atom. The van der Waals surface area contributed by atoms with Crippen molar-refractivity contribution < 1.29 is 19.5 Å². The van der Waals surface area contributed by atoms with Gasteiger partial charge in [0.25, 0.3) is 0 Å². The average molecular weight is 283 g/mol. The largest absolute Gasteiger partial charge is 0.481 e. The molecule has 0 aromatic rings. The number of nitrogens with zero attached hydrogens (tertiary/aromatic N) is 2. The summed E-state index contributed by atoms with van der Waals surface area (Å²) in [5.41, 5.74) is 0. The summed E-state index contributed by atoms with van der Waals surface area (Å²) in [7, 11) is 1.53. The molecule has 2 N–H and O–H groups in total. The van der Waals surface area contributed by atoms with Gasteiger partial charge in [-0.2, -0.15) is 0 Å². The van der Waals surface area contributed by atoms with E-state index < -0.39 is 11.9 Å². The highest BCUT2D eigenvalue weighted by atomic mass is 16.4. The molecule has 3 atom stereocenters. The molecule has 0 aromatic carbocycles. The number of carboxylic acid groups (broad SMARTS) is 1. The van der Waals surface area contributed by atoms with Crippen LogP contribution in [0.5, 0.6) is 0 Å². The number of hydrogen-bond donors (Lipinski definition) is 2. The molecule has 112 valence electrons. The number of amides is 3. The summed E-state index contributed by atoms with van der Waals surface area (Å²) in [6, 6.07) is -0.427. The predicted octanol–water partition coefficient (Wildman–Crippen LogP) is 0.112. The fourth-order valence-electron chi connectivity index (χ4n) is 3.28. The molecular weight excluding hydrogens is 262 g/mol. The number of nitrogens with one attached hydrogen (secondary N) is 1. The van der Waals surface area contributed by atoms with Crippen LogP contribution in [0.1, 0.15) is 26.2 Å². The predicted molar refractivity (Wildman–Crippen MR) is 71.1 cm³/mol. The molecule has 2 bridgehead atoms. The Bertz CT molecular complexity index is 426. The Balaban J connectivity index is 2.09. The normalized spacial score (nSPS) is 27.5. The van der Waals surface area contributed by atoms with Crippen molar-refractivity contribution in [3.63, 3.8) is 0 Å². The lowest BCUT2D eigenvalue weighted by atomic mass is 9.89. The molecule has 2 aliphatic rings. The summed E-state index contributed by atoms with van der Waals surface area (Å²) in [6.07, 6.45) is 2.13. The maximum atomic E-state index is 12.5. The number of carbonyl (C=O) groups is 3. The highest BCUT2D eigenvalue weighted by Gasteiger charge is 2.52. The second-order valence-corrected chi connectivity index (χ2v) is 5.36. The van der Waals surface area contributed by atoms with Crippen molar-refractivity contribution in [1.82, 2.24) is 15.1 Å². The van der Waals surface area contributed by atoms with Crippen LogP contribution in [0.4, 0.5) is 4.79 Å². The topological polar surface area (TPSA) is 90.0 Å². The fourth-order valence-corrected chi connectivity index (χ4v) is 3.28. The highest BCUT2D eigenvalue weighted by Crippen LogP contribution is 2.42. The van der Waals surface area contributed by atoms with Crippen molar-refractivity contribution in [3.8, 4) is 0 Å². The van der Waals surface area contributed by atoms with Crippen LogP contribution >= 0.6 is 0 Å². The van der Waals surface area contributed by atoms with Crippen molar-refractivity contribution in [2.45, 2.75) is 38.3 Å². The molecule has 0 radical (unpaired) electrons. The first-order valence-electron chi connectivity index (χ1n) is 7.00. The van der Waals surface area contributed by atoms with E-state index in [0.29, 0.717) is 13.0 Å². The monoisotopic (exact) mass is 283 g/mol. The Morgan fingerprint density at radius 2 is 2.05 bits per heavy atom. The third-order valence-corrected chi connectivity index (χ3v) is 4.34. The van der Waals surface area contributed by atoms with Crippen LogP contribution in [0.25, 0.3) is 0 Å². The van der Waals surface area contributed by atoms with Crippen molar-refractivity contribution in [2.75, 3.05) is 20.1 Å². The Hall–Kier alpha value is -1.79. The van der Waals surface area contributed by atoms with E-state index in [2.05, 4.69) is 5.32 Å². The van der Waals surface area contributed by atoms with Crippen LogP contribution in [0.2, 0.25) is 0 Å². The van der Waals surface area contributed by atoms with E-state index in [0.717, 1.165) is 12.8 Å². The van der Waals surface area contributed by atoms with E-state index in [-0.39, 0.29) is 30.6 Å². The third kappa shape index (κ3) is 2.44. The van der Waals surface area contributed by atoms with Crippen LogP contribution in [0.3, 0.4) is 0 Å². The molecule has 2 fully saturated rings. The first kappa shape index (κ1) is 14.6. The number of likely N-dealkylation sites (N-methyl/N-ethyl adjacent to an activating group) is 2. The van der Waals surface area contributed by atoms with E-state index in [9.17, 15) is 19.5 Å². The van der Waals surface area contributed by atoms with Gasteiger partial charge in [0, 0.05) is 25.7 Å². The quantitative estimate of drug-likeness (QED) is 0.766. The van der Waals surface area contributed by atoms with Gasteiger partial charge < -0.3 is 20.2 Å². The van der Waals surface area contributed by atoms with Crippen molar-refractivity contribution >= 4 is 17.9 Å². The molecule has 0 saturated carbocycles. The standard InChI is InChI=1S/C13H21N3O4/c1-3-15(7-11(17)14-2)13(20)16-8-4-5-10(16)9(6-8)12(18)19/h8-10H,3-7H2,1-2H3,(H,14,17)(H,18,19). The molecule has 0 spiro atoms. The summed E-state index contributed by atoms with van der Waals surface area (Å²) >= 11 is 0. The molecule has 3 unspecified atom stereocenters. The molecule has 7 nitrogen and oxygen atoms in total. The van der Waals surface area contributed by atoms with Gasteiger partial charge in [0.15, 0.2) is 0 Å². The van der Waals surface area contributed by atoms with Gasteiger partial charge >= 0.3 is 12.0 Å². The van der Waals surface area contributed by atoms with Gasteiger partial charge in [0.05, 0.1) is 5.92 Å². The highest BCUT2D eigenvalue weighted by molar-refractivity contribution is 5.85. The minimum atomic E-state index is -0.829. The van der Waals surface area contributed by atoms with E-state index in [1.165, 1.54) is 11.9 Å². The van der Waals surface area contributed by atoms with Gasteiger partial charge in [-0.3, -0.25) is 9.59 Å². The number of fused-ring (bicyclic) bond motifs is 2. The van der Waals surface area contributed by atoms with Gasteiger partial charge in [-0.25, -0.2) is 4.79 Å². The lowest BCUT2D eigenvalue weighted by molar-refractivity contribution is -0.142. The van der Waals surface area contributed by atoms with Crippen molar-refractivity contribution in [2.24, 2.45) is 5.92 Å². The zero-order chi connectivity index (χ0) is 14.9. The molecule has 0 aliphatic carbocycles. The first-order valence-corrected chi connectivity index (χ1v) is 7.00. The lowest BCUT2D eigenvalue weighted by Gasteiger charge is -2.30. The number of aliphatic carboxylic acids is 1. The zero-order valence-electron chi connectivity index (χ0n) is 11.8.